The average Bonchev–Trinajstić information content (AvgIpc) is 0.731. The van der Waals surface area contributed by atoms with Crippen molar-refractivity contribution in [3.05, 3.63) is 137 Å². The molecule has 0 spiro atoms. The third kappa shape index (κ3) is 21.0. The molecule has 3 aliphatic heterocycles. The van der Waals surface area contributed by atoms with Gasteiger partial charge in [-0.15, -0.1) is 11.8 Å². The normalized spacial score (nSPS) is 21.8. The number of ether oxygens (including phenoxy) is 2. The van der Waals surface area contributed by atoms with E-state index in [1.54, 1.807) is 73.3 Å². The topological polar surface area (TPSA) is 290 Å². The third-order valence-electron chi connectivity index (χ3n) is 22.8. The number of urea groups is 1. The number of amides is 7. The van der Waals surface area contributed by atoms with E-state index >= 15 is 0 Å². The standard InChI is InChI=1S/C82H114N12O12S2/c1-10-81-52-82(53-81,54-81)68-48-80(8,9)30-28-62(68)49-91-36-38-92(39-37-91)64-22-20-61(21-23-64)75(98)89-108(102,103)67-24-25-69(56(2)46-67)87-63(51-107-66-14-12-11-13-15-66)29-33-90-34-40-93(41-35-90)78(101)84-32-43-105-45-44-104-42-31-83-71(96)26-27-72(97)88-74(79(5,6)7)77(100)94-50-65(95)47-70(94)76(99)86-57(3)59-16-18-60(19-17-59)73-58(4)85-55-106-73/h11-25,46,55,57,63,65,70,74,87,95H,10,26-45,47-54H2,1-9H3,(H,83,96)(H,84,101)(H,86,99)(H,88,97)(H,89,98)/t57-,63+,65+,70-,74+,81?,82?/m0/s1. The Morgan fingerprint density at radius 2 is 1.45 bits per heavy atom. The van der Waals surface area contributed by atoms with Crippen LogP contribution in [0.1, 0.15) is 152 Å². The van der Waals surface area contributed by atoms with Gasteiger partial charge in [0.2, 0.25) is 23.6 Å². The summed E-state index contributed by atoms with van der Waals surface area (Å²) in [6, 6.07) is 27.4. The zero-order valence-corrected chi connectivity index (χ0v) is 66.3. The molecule has 3 saturated carbocycles. The van der Waals surface area contributed by atoms with E-state index < -0.39 is 63.3 Å². The SMILES string of the molecule is CCC12CC(C3=C(CN4CCN(c5ccc(C(=O)NS(=O)(=O)c6ccc(N[C@H](CCN7CCN(C(=O)NCCOCCOCCNC(=O)CCC(=O)N[C@H](C(=O)N8C[C@H](O)C[C@H]8C(=O)N[C@@H](C)c8ccc(-c9ocnc9C)cc8)C(C)(C)C)CC7)CSc7ccccc7)c(C)c6)cc5)CC4)CCC(C)(C)C3)(C1)C2. The third-order valence-corrected chi connectivity index (χ3v) is 25.3. The van der Waals surface area contributed by atoms with Crippen LogP contribution in [0.25, 0.3) is 11.3 Å². The van der Waals surface area contributed by atoms with Gasteiger partial charge in [0, 0.05) is 144 Å². The van der Waals surface area contributed by atoms with Crippen LogP contribution in [-0.4, -0.2) is 215 Å². The first-order valence-corrected chi connectivity index (χ1v) is 41.2. The summed E-state index contributed by atoms with van der Waals surface area (Å²) >= 11 is 1.75. The predicted octanol–water partition coefficient (Wildman–Crippen LogP) is 9.88. The Hall–Kier alpha value is -7.85. The van der Waals surface area contributed by atoms with Crippen LogP contribution in [0, 0.1) is 35.5 Å². The molecule has 4 heterocycles. The zero-order valence-electron chi connectivity index (χ0n) is 64.6. The minimum Gasteiger partial charge on any atom is -0.443 e. The number of benzene rings is 4. The second kappa shape index (κ2) is 35.9. The number of piperazine rings is 2. The fraction of sp³-hybridized carbons (Fsp3) is 0.573. The van der Waals surface area contributed by atoms with E-state index in [1.165, 1.54) is 56.2 Å². The Labute approximate surface area is 642 Å². The summed E-state index contributed by atoms with van der Waals surface area (Å²) in [4.78, 5) is 96.4. The molecule has 7 N–H and O–H groups in total. The van der Waals surface area contributed by atoms with E-state index in [0.717, 1.165) is 90.1 Å². The van der Waals surface area contributed by atoms with Crippen molar-refractivity contribution in [3.8, 4) is 11.3 Å². The lowest BCUT2D eigenvalue weighted by atomic mass is 9.31. The molecule has 586 valence electrons. The predicted molar refractivity (Wildman–Crippen MR) is 420 cm³/mol. The maximum atomic E-state index is 14.2. The number of aryl methyl sites for hydroxylation is 2. The summed E-state index contributed by atoms with van der Waals surface area (Å²) in [5.74, 6) is -1.07. The van der Waals surface area contributed by atoms with Crippen LogP contribution in [-0.2, 0) is 38.7 Å². The molecule has 24 nitrogen and oxygen atoms in total. The van der Waals surface area contributed by atoms with Gasteiger partial charge in [-0.3, -0.25) is 33.8 Å². The minimum atomic E-state index is -4.20. The molecule has 12 rings (SSSR count). The average molecular weight is 1520 g/mol. The number of allylic oxidation sites excluding steroid dienone is 1. The van der Waals surface area contributed by atoms with Crippen molar-refractivity contribution in [2.75, 3.05) is 127 Å². The van der Waals surface area contributed by atoms with Gasteiger partial charge < -0.3 is 60.3 Å². The number of nitrogens with zero attached hydrogens (tertiary/aromatic N) is 6. The number of nitrogens with one attached hydrogen (secondary N) is 6. The van der Waals surface area contributed by atoms with Crippen molar-refractivity contribution in [2.45, 2.75) is 173 Å². The van der Waals surface area contributed by atoms with Gasteiger partial charge in [-0.1, -0.05) is 102 Å². The summed E-state index contributed by atoms with van der Waals surface area (Å²) in [6.07, 6.45) is 10.2. The van der Waals surface area contributed by atoms with Gasteiger partial charge in [0.05, 0.1) is 49.2 Å². The number of hydrogen-bond acceptors (Lipinski definition) is 18. The van der Waals surface area contributed by atoms with E-state index in [-0.39, 0.29) is 87.2 Å². The van der Waals surface area contributed by atoms with Crippen LogP contribution in [0.5, 0.6) is 0 Å². The van der Waals surface area contributed by atoms with E-state index in [4.69, 9.17) is 13.9 Å². The number of anilines is 2. The molecule has 2 bridgehead atoms. The number of aromatic nitrogens is 1. The maximum absolute atomic E-state index is 14.2. The highest BCUT2D eigenvalue weighted by Crippen LogP contribution is 2.79. The summed E-state index contributed by atoms with van der Waals surface area (Å²) in [7, 11) is -4.20. The lowest BCUT2D eigenvalue weighted by molar-refractivity contribution is -0.182. The lowest BCUT2D eigenvalue weighted by Crippen LogP contribution is -2.63. The van der Waals surface area contributed by atoms with Gasteiger partial charge in [0.15, 0.2) is 12.2 Å². The van der Waals surface area contributed by atoms with Crippen LogP contribution in [0.15, 0.2) is 129 Å². The number of thioether (sulfide) groups is 1. The second-order valence-electron chi connectivity index (χ2n) is 32.6. The van der Waals surface area contributed by atoms with Gasteiger partial charge in [-0.25, -0.2) is 22.9 Å². The van der Waals surface area contributed by atoms with Crippen molar-refractivity contribution >= 4 is 68.7 Å². The first kappa shape index (κ1) is 81.1. The molecule has 7 amide bonds. The molecule has 0 unspecified atom stereocenters. The molecular weight excluding hydrogens is 1410 g/mol. The molecule has 7 aliphatic rings. The summed E-state index contributed by atoms with van der Waals surface area (Å²) < 4.78 is 46.7. The number of carbonyl (C=O) groups excluding carboxylic acids is 6. The highest BCUT2D eigenvalue weighted by Gasteiger charge is 2.68. The number of oxazole rings is 1. The number of carbonyl (C=O) groups is 6. The van der Waals surface area contributed by atoms with E-state index in [2.05, 4.69) is 83.9 Å². The van der Waals surface area contributed by atoms with Crippen LogP contribution >= 0.6 is 11.8 Å². The summed E-state index contributed by atoms with van der Waals surface area (Å²) in [5, 5.41) is 25.9. The number of hydrogen-bond donors (Lipinski definition) is 7. The monoisotopic (exact) mass is 1520 g/mol. The summed E-state index contributed by atoms with van der Waals surface area (Å²) in [5.41, 5.74) is 9.53. The largest absolute Gasteiger partial charge is 0.443 e. The lowest BCUT2D eigenvalue weighted by Gasteiger charge is -2.73. The molecule has 1 aromatic heterocycles. The van der Waals surface area contributed by atoms with Crippen molar-refractivity contribution in [2.24, 2.45) is 21.7 Å². The van der Waals surface area contributed by atoms with Crippen molar-refractivity contribution in [1.29, 1.82) is 0 Å². The highest BCUT2D eigenvalue weighted by atomic mass is 32.2. The smallest absolute Gasteiger partial charge is 0.317 e. The van der Waals surface area contributed by atoms with Gasteiger partial charge >= 0.3 is 6.03 Å². The van der Waals surface area contributed by atoms with Crippen LogP contribution < -0.4 is 36.2 Å². The quantitative estimate of drug-likeness (QED) is 0.0114. The van der Waals surface area contributed by atoms with E-state index in [1.807, 2.05) is 80.9 Å². The first-order chi connectivity index (χ1) is 51.6. The van der Waals surface area contributed by atoms with Crippen molar-refractivity contribution in [1.82, 2.24) is 50.6 Å². The van der Waals surface area contributed by atoms with Gasteiger partial charge in [0.1, 0.15) is 12.1 Å². The van der Waals surface area contributed by atoms with E-state index in [0.29, 0.717) is 54.7 Å². The Balaban J connectivity index is 0.542. The minimum absolute atomic E-state index is 0.00650. The second-order valence-corrected chi connectivity index (χ2v) is 35.4. The van der Waals surface area contributed by atoms with Gasteiger partial charge in [-0.2, -0.15) is 0 Å². The molecule has 5 aromatic rings. The molecule has 4 aliphatic carbocycles. The highest BCUT2D eigenvalue weighted by molar-refractivity contribution is 7.99. The van der Waals surface area contributed by atoms with Crippen LogP contribution in [0.4, 0.5) is 16.2 Å². The Bertz CT molecular complexity index is 4060. The van der Waals surface area contributed by atoms with Crippen molar-refractivity contribution in [3.63, 3.8) is 0 Å². The molecular formula is C82H114N12O12S2. The molecule has 5 atom stereocenters. The molecule has 4 aromatic carbocycles. The maximum Gasteiger partial charge on any atom is 0.317 e. The molecule has 108 heavy (non-hydrogen) atoms. The number of β-amino-alcohol motifs (C(OH)–C–C–N with tert-alkyl or cyclic N) is 1. The number of aliphatic hydroxyl groups is 1. The van der Waals surface area contributed by atoms with Crippen LogP contribution in [0.2, 0.25) is 0 Å². The number of aliphatic hydroxyl groups excluding tert-OH is 1. The molecule has 0 radical (unpaired) electrons. The van der Waals surface area contributed by atoms with Crippen molar-refractivity contribution < 1.29 is 56.2 Å². The number of likely N-dealkylation sites (tertiary alicyclic amines) is 1. The Kier molecular flexibility index (Phi) is 27.0. The fourth-order valence-electron chi connectivity index (χ4n) is 16.4. The Morgan fingerprint density at radius 3 is 2.10 bits per heavy atom. The van der Waals surface area contributed by atoms with Gasteiger partial charge in [0.25, 0.3) is 15.9 Å². The molecule has 26 heteroatoms. The Morgan fingerprint density at radius 1 is 0.787 bits per heavy atom. The fourth-order valence-corrected chi connectivity index (χ4v) is 18.4. The van der Waals surface area contributed by atoms with E-state index in [9.17, 15) is 42.3 Å². The van der Waals surface area contributed by atoms with Gasteiger partial charge in [-0.05, 0) is 153 Å². The summed E-state index contributed by atoms with van der Waals surface area (Å²) in [6.45, 7) is 27.8. The number of sulfonamides is 1. The molecule has 3 saturated heterocycles. The zero-order chi connectivity index (χ0) is 77.0. The number of rotatable bonds is 34. The molecule has 6 fully saturated rings. The first-order valence-electron chi connectivity index (χ1n) is 38.7. The van der Waals surface area contributed by atoms with Crippen LogP contribution in [0.3, 0.4) is 0 Å².